The van der Waals surface area contributed by atoms with Crippen LogP contribution < -0.4 is 10.9 Å². The van der Waals surface area contributed by atoms with Crippen molar-refractivity contribution >= 4 is 53.9 Å². The van der Waals surface area contributed by atoms with Gasteiger partial charge in [-0.2, -0.15) is 0 Å². The monoisotopic (exact) mass is 332 g/mol. The van der Waals surface area contributed by atoms with E-state index in [1.807, 2.05) is 72.8 Å². The highest BCUT2D eigenvalue weighted by Gasteiger charge is 2.21. The lowest BCUT2D eigenvalue weighted by atomic mass is 9.98. The van der Waals surface area contributed by atoms with Crippen LogP contribution >= 0.6 is 0 Å². The molecule has 6 rings (SSSR count). The van der Waals surface area contributed by atoms with E-state index in [-0.39, 0.29) is 10.9 Å². The first-order valence-electron chi connectivity index (χ1n) is 8.64. The quantitative estimate of drug-likeness (QED) is 0.390. The van der Waals surface area contributed by atoms with E-state index in [9.17, 15) is 9.59 Å². The molecule has 2 heteroatoms. The lowest BCUT2D eigenvalue weighted by Crippen LogP contribution is -1.97. The van der Waals surface area contributed by atoms with Crippen LogP contribution in [-0.2, 0) is 0 Å². The lowest BCUT2D eigenvalue weighted by molar-refractivity contribution is 1.79. The summed E-state index contributed by atoms with van der Waals surface area (Å²) >= 11 is 0. The van der Waals surface area contributed by atoms with Crippen molar-refractivity contribution in [2.75, 3.05) is 0 Å². The molecule has 0 heterocycles. The van der Waals surface area contributed by atoms with Crippen molar-refractivity contribution in [3.8, 4) is 0 Å². The lowest BCUT2D eigenvalue weighted by Gasteiger charge is -2.04. The SMILES string of the molecule is O=c1c2ccccc2c2c1c1ccccc1c1c(=O)c3ccccc3c12. The van der Waals surface area contributed by atoms with E-state index >= 15 is 0 Å². The molecule has 6 aromatic rings. The van der Waals surface area contributed by atoms with E-state index < -0.39 is 0 Å². The fourth-order valence-electron chi connectivity index (χ4n) is 4.52. The molecule has 26 heavy (non-hydrogen) atoms. The van der Waals surface area contributed by atoms with Crippen LogP contribution in [0.25, 0.3) is 53.9 Å². The second kappa shape index (κ2) is 4.55. The largest absolute Gasteiger partial charge is 0.289 e. The van der Waals surface area contributed by atoms with E-state index in [0.29, 0.717) is 0 Å². The van der Waals surface area contributed by atoms with Crippen molar-refractivity contribution in [2.24, 2.45) is 0 Å². The third-order valence-corrected chi connectivity index (χ3v) is 5.55. The molecular formula is C24H12O2. The fraction of sp³-hybridized carbons (Fsp3) is 0. The third-order valence-electron chi connectivity index (χ3n) is 5.55. The third kappa shape index (κ3) is 1.44. The highest BCUT2D eigenvalue weighted by Crippen LogP contribution is 2.40. The van der Waals surface area contributed by atoms with Gasteiger partial charge in [0.05, 0.1) is 0 Å². The number of fused-ring (bicyclic) bond motifs is 10. The number of hydrogen-bond donors (Lipinski definition) is 0. The summed E-state index contributed by atoms with van der Waals surface area (Å²) in [5, 5.41) is 8.31. The van der Waals surface area contributed by atoms with Crippen molar-refractivity contribution < 1.29 is 0 Å². The van der Waals surface area contributed by atoms with Crippen molar-refractivity contribution in [2.45, 2.75) is 0 Å². The van der Waals surface area contributed by atoms with Gasteiger partial charge in [-0.1, -0.05) is 72.8 Å². The molecule has 0 saturated heterocycles. The Balaban J connectivity index is 2.19. The predicted molar refractivity (Wildman–Crippen MR) is 109 cm³/mol. The average molecular weight is 332 g/mol. The average Bonchev–Trinajstić information content (AvgIpc) is 3.16. The van der Waals surface area contributed by atoms with Gasteiger partial charge < -0.3 is 0 Å². The number of benzene rings is 4. The Morgan fingerprint density at radius 2 is 0.615 bits per heavy atom. The first kappa shape index (κ1) is 13.7. The second-order valence-corrected chi connectivity index (χ2v) is 6.79. The van der Waals surface area contributed by atoms with Gasteiger partial charge in [0.2, 0.25) is 0 Å². The molecule has 0 spiro atoms. The summed E-state index contributed by atoms with van der Waals surface area (Å²) in [4.78, 5) is 26.4. The van der Waals surface area contributed by atoms with E-state index in [0.717, 1.165) is 53.9 Å². The normalized spacial score (nSPS) is 12.2. The maximum atomic E-state index is 13.2. The molecule has 0 aliphatic carbocycles. The Bertz CT molecular complexity index is 1490. The topological polar surface area (TPSA) is 34.1 Å². The van der Waals surface area contributed by atoms with Crippen molar-refractivity contribution in [3.63, 3.8) is 0 Å². The van der Waals surface area contributed by atoms with E-state index in [4.69, 9.17) is 0 Å². The fourth-order valence-corrected chi connectivity index (χ4v) is 4.52. The summed E-state index contributed by atoms with van der Waals surface area (Å²) in [6.07, 6.45) is 0. The molecule has 0 aliphatic rings. The minimum absolute atomic E-state index is 0.0476. The minimum Gasteiger partial charge on any atom is -0.289 e. The zero-order valence-electron chi connectivity index (χ0n) is 13.7. The molecule has 0 aromatic heterocycles. The van der Waals surface area contributed by atoms with Crippen LogP contribution in [0.4, 0.5) is 0 Å². The summed E-state index contributed by atoms with van der Waals surface area (Å²) < 4.78 is 0. The van der Waals surface area contributed by atoms with Gasteiger partial charge in [-0.25, -0.2) is 0 Å². The Hall–Kier alpha value is -3.52. The summed E-state index contributed by atoms with van der Waals surface area (Å²) in [7, 11) is 0. The maximum absolute atomic E-state index is 13.2. The molecule has 0 N–H and O–H groups in total. The Morgan fingerprint density at radius 1 is 0.346 bits per heavy atom. The standard InChI is InChI=1S/C24H12O2/c25-23-17-11-5-3-9-15(17)19-20-16-10-4-6-12-18(16)24(26)22(20)14-8-2-1-7-13(14)21(19)23/h1-12H. The molecule has 0 atom stereocenters. The number of rotatable bonds is 0. The molecule has 0 bridgehead atoms. The van der Waals surface area contributed by atoms with Crippen LogP contribution in [0.15, 0.2) is 82.4 Å². The van der Waals surface area contributed by atoms with E-state index in [1.165, 1.54) is 0 Å². The van der Waals surface area contributed by atoms with Gasteiger partial charge in [0.1, 0.15) is 0 Å². The summed E-state index contributed by atoms with van der Waals surface area (Å²) in [5.74, 6) is 0. The van der Waals surface area contributed by atoms with Crippen molar-refractivity contribution in [1.82, 2.24) is 0 Å². The van der Waals surface area contributed by atoms with Crippen LogP contribution in [0.2, 0.25) is 0 Å². The van der Waals surface area contributed by atoms with Gasteiger partial charge in [0.15, 0.2) is 10.9 Å². The van der Waals surface area contributed by atoms with E-state index in [2.05, 4.69) is 0 Å². The molecule has 0 saturated carbocycles. The minimum atomic E-state index is 0.0476. The molecule has 6 aromatic carbocycles. The maximum Gasteiger partial charge on any atom is 0.194 e. The highest BCUT2D eigenvalue weighted by atomic mass is 16.1. The smallest absolute Gasteiger partial charge is 0.194 e. The number of hydrogen-bond acceptors (Lipinski definition) is 2. The molecule has 0 fully saturated rings. The van der Waals surface area contributed by atoms with Crippen molar-refractivity contribution in [3.05, 3.63) is 93.2 Å². The Kier molecular flexibility index (Phi) is 2.41. The zero-order chi connectivity index (χ0) is 17.4. The first-order valence-corrected chi connectivity index (χ1v) is 8.64. The summed E-state index contributed by atoms with van der Waals surface area (Å²) in [6.45, 7) is 0. The van der Waals surface area contributed by atoms with Crippen LogP contribution in [0.3, 0.4) is 0 Å². The van der Waals surface area contributed by atoms with Crippen LogP contribution in [-0.4, -0.2) is 0 Å². The van der Waals surface area contributed by atoms with Crippen LogP contribution in [0.5, 0.6) is 0 Å². The van der Waals surface area contributed by atoms with Crippen molar-refractivity contribution in [1.29, 1.82) is 0 Å². The van der Waals surface area contributed by atoms with Crippen LogP contribution in [0, 0.1) is 0 Å². The molecular weight excluding hydrogens is 320 g/mol. The zero-order valence-corrected chi connectivity index (χ0v) is 13.7. The first-order chi connectivity index (χ1) is 12.8. The van der Waals surface area contributed by atoms with Gasteiger partial charge in [-0.05, 0) is 21.5 Å². The molecule has 0 aliphatic heterocycles. The molecule has 0 radical (unpaired) electrons. The van der Waals surface area contributed by atoms with Gasteiger partial charge in [0, 0.05) is 32.3 Å². The highest BCUT2D eigenvalue weighted by molar-refractivity contribution is 6.39. The Labute approximate surface area is 147 Å². The Morgan fingerprint density at radius 3 is 0.962 bits per heavy atom. The molecule has 0 amide bonds. The molecule has 0 unspecified atom stereocenters. The summed E-state index contributed by atoms with van der Waals surface area (Å²) in [5.41, 5.74) is 0.0952. The van der Waals surface area contributed by atoms with E-state index in [1.54, 1.807) is 0 Å². The predicted octanol–water partition coefficient (Wildman–Crippen LogP) is 5.05. The summed E-state index contributed by atoms with van der Waals surface area (Å²) in [6, 6.07) is 23.2. The van der Waals surface area contributed by atoms with Gasteiger partial charge in [0.25, 0.3) is 0 Å². The van der Waals surface area contributed by atoms with Gasteiger partial charge in [-0.15, -0.1) is 0 Å². The molecule has 120 valence electrons. The van der Waals surface area contributed by atoms with Gasteiger partial charge >= 0.3 is 0 Å². The van der Waals surface area contributed by atoms with Gasteiger partial charge in [-0.3, -0.25) is 9.59 Å². The molecule has 2 nitrogen and oxygen atoms in total. The van der Waals surface area contributed by atoms with Crippen LogP contribution in [0.1, 0.15) is 0 Å². The second-order valence-electron chi connectivity index (χ2n) is 6.79.